The molecule has 0 unspecified atom stereocenters. The fourth-order valence-electron chi connectivity index (χ4n) is 3.08. The fourth-order valence-corrected chi connectivity index (χ4v) is 5.99. The number of carbonyl (C=O) groups excluding carboxylic acids is 2. The van der Waals surface area contributed by atoms with E-state index in [1.165, 1.54) is 6.08 Å². The quantitative estimate of drug-likeness (QED) is 0.685. The molecular weight excluding hydrogens is 405 g/mol. The number of rotatable bonds is 5. The molecule has 5 heteroatoms. The van der Waals surface area contributed by atoms with E-state index in [0.717, 1.165) is 10.0 Å². The van der Waals surface area contributed by atoms with Crippen LogP contribution in [0.4, 0.5) is 4.79 Å². The number of carbonyl (C=O) groups is 2. The Morgan fingerprint density at radius 1 is 1.07 bits per heavy atom. The van der Waals surface area contributed by atoms with E-state index < -0.39 is 6.09 Å². The second-order valence-corrected chi connectivity index (χ2v) is 9.30. The third-order valence-corrected chi connectivity index (χ3v) is 7.16. The molecule has 2 aromatic rings. The number of ether oxygens (including phenoxy) is 1. The van der Waals surface area contributed by atoms with E-state index in [0.29, 0.717) is 0 Å². The number of allylic oxidation sites excluding steroid dienone is 1. The molecular formula is C22H23NO3Se. The van der Waals surface area contributed by atoms with Gasteiger partial charge in [-0.15, -0.1) is 0 Å². The van der Waals surface area contributed by atoms with Crippen LogP contribution in [0.25, 0.3) is 0 Å². The van der Waals surface area contributed by atoms with Crippen LogP contribution in [0.5, 0.6) is 0 Å². The normalized spacial score (nSPS) is 19.4. The molecule has 1 heterocycles. The predicted molar refractivity (Wildman–Crippen MR) is 107 cm³/mol. The van der Waals surface area contributed by atoms with Gasteiger partial charge in [-0.1, -0.05) is 0 Å². The van der Waals surface area contributed by atoms with Crippen molar-refractivity contribution >= 4 is 31.3 Å². The first-order valence-electron chi connectivity index (χ1n) is 8.99. The summed E-state index contributed by atoms with van der Waals surface area (Å²) in [5.41, 5.74) is 0.939. The van der Waals surface area contributed by atoms with Crippen LogP contribution in [0.15, 0.2) is 72.9 Å². The minimum atomic E-state index is -0.407. The van der Waals surface area contributed by atoms with Gasteiger partial charge in [-0.2, -0.15) is 0 Å². The van der Waals surface area contributed by atoms with E-state index in [9.17, 15) is 9.59 Å². The monoisotopic (exact) mass is 429 g/mol. The standard InChI is InChI=1S/C22H23NO3Se/c1-16(2)20-21(27-18-11-7-4-8-12-18)19(24)13-14-23(20)22(25)26-15-17-9-5-3-6-10-17/h3-14,16,20-21H,15H2,1-2H3/t20-,21+/m0/s1. The van der Waals surface area contributed by atoms with Gasteiger partial charge < -0.3 is 0 Å². The van der Waals surface area contributed by atoms with Gasteiger partial charge in [-0.25, -0.2) is 0 Å². The van der Waals surface area contributed by atoms with E-state index in [4.69, 9.17) is 4.74 Å². The van der Waals surface area contributed by atoms with Crippen LogP contribution in [-0.2, 0) is 16.1 Å². The molecule has 1 amide bonds. The van der Waals surface area contributed by atoms with Crippen LogP contribution in [0, 0.1) is 5.92 Å². The van der Waals surface area contributed by atoms with Crippen molar-refractivity contribution in [3.05, 3.63) is 78.5 Å². The van der Waals surface area contributed by atoms with E-state index in [1.807, 2.05) is 74.5 Å². The van der Waals surface area contributed by atoms with Crippen molar-refractivity contribution in [3.63, 3.8) is 0 Å². The molecule has 140 valence electrons. The Kier molecular flexibility index (Phi) is 6.49. The van der Waals surface area contributed by atoms with Crippen molar-refractivity contribution in [2.75, 3.05) is 0 Å². The van der Waals surface area contributed by atoms with Crippen LogP contribution in [0.3, 0.4) is 0 Å². The zero-order chi connectivity index (χ0) is 19.2. The molecule has 0 saturated carbocycles. The second-order valence-electron chi connectivity index (χ2n) is 6.75. The average Bonchev–Trinajstić information content (AvgIpc) is 2.69. The molecule has 2 atom stereocenters. The minimum absolute atomic E-state index is 0.0595. The van der Waals surface area contributed by atoms with E-state index in [-0.39, 0.29) is 44.1 Å². The molecule has 0 fully saturated rings. The SMILES string of the molecule is CC(C)[C@H]1[C@H]([Se]c2ccccc2)C(=O)C=CN1C(=O)OCc1ccccc1. The fraction of sp³-hybridized carbons (Fsp3) is 0.273. The number of hydrogen-bond acceptors (Lipinski definition) is 3. The Labute approximate surface area is 166 Å². The average molecular weight is 428 g/mol. The molecule has 0 saturated heterocycles. The molecule has 1 aliphatic heterocycles. The van der Waals surface area contributed by atoms with Gasteiger partial charge in [0.1, 0.15) is 0 Å². The summed E-state index contributed by atoms with van der Waals surface area (Å²) in [6.45, 7) is 4.31. The Morgan fingerprint density at radius 2 is 1.70 bits per heavy atom. The number of amides is 1. The van der Waals surface area contributed by atoms with Crippen molar-refractivity contribution in [2.45, 2.75) is 31.3 Å². The summed E-state index contributed by atoms with van der Waals surface area (Å²) in [6, 6.07) is 19.4. The Bertz CT molecular complexity index is 805. The zero-order valence-electron chi connectivity index (χ0n) is 15.4. The number of benzene rings is 2. The van der Waals surface area contributed by atoms with Crippen LogP contribution in [0.2, 0.25) is 4.82 Å². The summed E-state index contributed by atoms with van der Waals surface area (Å²) in [6.07, 6.45) is 2.69. The van der Waals surface area contributed by atoms with Crippen molar-refractivity contribution < 1.29 is 14.3 Å². The molecule has 0 aliphatic carbocycles. The van der Waals surface area contributed by atoms with Crippen molar-refractivity contribution in [1.82, 2.24) is 4.90 Å². The van der Waals surface area contributed by atoms with Gasteiger partial charge in [0, 0.05) is 0 Å². The summed E-state index contributed by atoms with van der Waals surface area (Å²) in [4.78, 5) is 26.7. The first-order chi connectivity index (χ1) is 13.1. The van der Waals surface area contributed by atoms with E-state index >= 15 is 0 Å². The maximum absolute atomic E-state index is 12.7. The maximum atomic E-state index is 12.7. The molecule has 0 N–H and O–H groups in total. The Balaban J connectivity index is 1.76. The van der Waals surface area contributed by atoms with Crippen molar-refractivity contribution in [2.24, 2.45) is 5.92 Å². The number of hydrogen-bond donors (Lipinski definition) is 0. The molecule has 0 bridgehead atoms. The van der Waals surface area contributed by atoms with Gasteiger partial charge in [-0.05, 0) is 0 Å². The first-order valence-corrected chi connectivity index (χ1v) is 10.8. The predicted octanol–water partition coefficient (Wildman–Crippen LogP) is 3.56. The van der Waals surface area contributed by atoms with Crippen LogP contribution < -0.4 is 4.46 Å². The van der Waals surface area contributed by atoms with E-state index in [2.05, 4.69) is 0 Å². The third kappa shape index (κ3) is 4.88. The van der Waals surface area contributed by atoms with Gasteiger partial charge in [0.2, 0.25) is 0 Å². The molecule has 0 spiro atoms. The van der Waals surface area contributed by atoms with Crippen molar-refractivity contribution in [3.8, 4) is 0 Å². The Morgan fingerprint density at radius 3 is 2.33 bits per heavy atom. The van der Waals surface area contributed by atoms with Gasteiger partial charge in [0.25, 0.3) is 0 Å². The van der Waals surface area contributed by atoms with E-state index in [1.54, 1.807) is 11.1 Å². The topological polar surface area (TPSA) is 46.6 Å². The third-order valence-electron chi connectivity index (χ3n) is 4.42. The molecule has 0 radical (unpaired) electrons. The summed E-state index contributed by atoms with van der Waals surface area (Å²) >= 11 is -0.0595. The zero-order valence-corrected chi connectivity index (χ0v) is 17.2. The molecule has 27 heavy (non-hydrogen) atoms. The summed E-state index contributed by atoms with van der Waals surface area (Å²) in [7, 11) is 0. The van der Waals surface area contributed by atoms with Gasteiger partial charge >= 0.3 is 166 Å². The molecule has 4 nitrogen and oxygen atoms in total. The van der Waals surface area contributed by atoms with Gasteiger partial charge in [0.05, 0.1) is 0 Å². The first kappa shape index (κ1) is 19.4. The molecule has 0 aromatic heterocycles. The molecule has 3 rings (SSSR count). The second kappa shape index (κ2) is 9.03. The summed E-state index contributed by atoms with van der Waals surface area (Å²) < 4.78 is 6.67. The van der Waals surface area contributed by atoms with Crippen LogP contribution >= 0.6 is 0 Å². The summed E-state index contributed by atoms with van der Waals surface area (Å²) in [5.74, 6) is 0.225. The Hall–Kier alpha value is -2.36. The number of nitrogens with zero attached hydrogens (tertiary/aromatic N) is 1. The number of ketones is 1. The summed E-state index contributed by atoms with van der Waals surface area (Å²) in [5, 5.41) is 0. The molecule has 1 aliphatic rings. The van der Waals surface area contributed by atoms with Gasteiger partial charge in [0.15, 0.2) is 0 Å². The van der Waals surface area contributed by atoms with Crippen molar-refractivity contribution in [1.29, 1.82) is 0 Å². The van der Waals surface area contributed by atoms with Gasteiger partial charge in [-0.3, -0.25) is 0 Å². The molecule has 2 aromatic carbocycles. The van der Waals surface area contributed by atoms with Crippen LogP contribution in [-0.4, -0.2) is 37.8 Å². The van der Waals surface area contributed by atoms with Crippen LogP contribution in [0.1, 0.15) is 19.4 Å².